The molecule has 0 saturated heterocycles. The van der Waals surface area contributed by atoms with E-state index >= 15 is 0 Å². The van der Waals surface area contributed by atoms with Crippen LogP contribution in [0, 0.1) is 0 Å². The molecule has 6 nitrogen and oxygen atoms in total. The van der Waals surface area contributed by atoms with Crippen LogP contribution in [0.25, 0.3) is 0 Å². The molecule has 0 bridgehead atoms. The molecule has 0 saturated carbocycles. The minimum absolute atomic E-state index is 0.273. The summed E-state index contributed by atoms with van der Waals surface area (Å²) in [5.74, 6) is -0.369. The van der Waals surface area contributed by atoms with E-state index in [1.807, 2.05) is 49.4 Å². The number of aliphatic imine (C=N–C) groups is 1. The van der Waals surface area contributed by atoms with Crippen molar-refractivity contribution in [3.05, 3.63) is 65.7 Å². The van der Waals surface area contributed by atoms with Crippen molar-refractivity contribution in [2.45, 2.75) is 32.6 Å². The maximum atomic E-state index is 11.1. The van der Waals surface area contributed by atoms with Crippen molar-refractivity contribution in [2.24, 2.45) is 4.99 Å². The molecular formula is C20H24N2O4. The zero-order chi connectivity index (χ0) is 18.9. The van der Waals surface area contributed by atoms with Gasteiger partial charge in [0.1, 0.15) is 24.5 Å². The van der Waals surface area contributed by atoms with Gasteiger partial charge in [-0.2, -0.15) is 0 Å². The molecule has 0 spiro atoms. The Labute approximate surface area is 153 Å². The number of rotatable bonds is 5. The minimum atomic E-state index is -1.24. The van der Waals surface area contributed by atoms with E-state index in [9.17, 15) is 9.90 Å². The lowest BCUT2D eigenvalue weighted by Crippen LogP contribution is -2.48. The van der Waals surface area contributed by atoms with E-state index in [0.717, 1.165) is 12.1 Å². The zero-order valence-corrected chi connectivity index (χ0v) is 15.1. The molecule has 1 heterocycles. The van der Waals surface area contributed by atoms with Gasteiger partial charge in [0.05, 0.1) is 18.1 Å². The predicted octanol–water partition coefficient (Wildman–Crippen LogP) is 0.798. The van der Waals surface area contributed by atoms with Crippen molar-refractivity contribution < 1.29 is 25.1 Å². The fourth-order valence-corrected chi connectivity index (χ4v) is 2.38. The van der Waals surface area contributed by atoms with E-state index in [1.165, 1.54) is 0 Å². The van der Waals surface area contributed by atoms with Crippen LogP contribution in [0.1, 0.15) is 25.0 Å². The number of carboxylic acids is 1. The van der Waals surface area contributed by atoms with Crippen molar-refractivity contribution >= 4 is 11.9 Å². The quantitative estimate of drug-likeness (QED) is 0.856. The number of aliphatic carboxylic acids is 1. The summed E-state index contributed by atoms with van der Waals surface area (Å²) in [6, 6.07) is 16.1. The van der Waals surface area contributed by atoms with Crippen LogP contribution < -0.4 is 15.6 Å². The van der Waals surface area contributed by atoms with Crippen LogP contribution in [0.4, 0.5) is 0 Å². The number of quaternary nitrogens is 1. The zero-order valence-electron chi connectivity index (χ0n) is 15.1. The van der Waals surface area contributed by atoms with Crippen molar-refractivity contribution in [1.82, 2.24) is 0 Å². The van der Waals surface area contributed by atoms with Crippen LogP contribution >= 0.6 is 0 Å². The topological polar surface area (TPSA) is 98.6 Å². The van der Waals surface area contributed by atoms with Gasteiger partial charge in [-0.15, -0.1) is 0 Å². The molecule has 2 aromatic carbocycles. The molecular weight excluding hydrogens is 332 g/mol. The van der Waals surface area contributed by atoms with E-state index in [-0.39, 0.29) is 5.90 Å². The lowest BCUT2D eigenvalue weighted by atomic mass is 10.2. The van der Waals surface area contributed by atoms with E-state index in [0.29, 0.717) is 17.9 Å². The largest absolute Gasteiger partial charge is 0.548 e. The first kappa shape index (κ1) is 19.5. The van der Waals surface area contributed by atoms with Gasteiger partial charge in [0.15, 0.2) is 0 Å². The summed E-state index contributed by atoms with van der Waals surface area (Å²) in [5, 5.41) is 11.1. The molecule has 0 aromatic heterocycles. The second kappa shape index (κ2) is 9.58. The third-order valence-electron chi connectivity index (χ3n) is 3.59. The molecule has 6 heteroatoms. The second-order valence-corrected chi connectivity index (χ2v) is 5.79. The lowest BCUT2D eigenvalue weighted by molar-refractivity contribution is -0.361. The molecule has 26 heavy (non-hydrogen) atoms. The first-order valence-electron chi connectivity index (χ1n) is 8.57. The first-order chi connectivity index (χ1) is 12.6. The third kappa shape index (κ3) is 5.07. The van der Waals surface area contributed by atoms with Gasteiger partial charge in [-0.05, 0) is 31.5 Å². The van der Waals surface area contributed by atoms with Gasteiger partial charge in [-0.1, -0.05) is 42.5 Å². The van der Waals surface area contributed by atoms with Crippen molar-refractivity contribution in [1.29, 1.82) is 0 Å². The molecule has 0 aliphatic carbocycles. The van der Waals surface area contributed by atoms with Gasteiger partial charge < -0.3 is 25.1 Å². The molecule has 3 N–H and O–H groups in total. The summed E-state index contributed by atoms with van der Waals surface area (Å²) < 4.78 is 11.4. The Morgan fingerprint density at radius 2 is 1.81 bits per heavy atom. The van der Waals surface area contributed by atoms with Gasteiger partial charge >= 0.3 is 0 Å². The van der Waals surface area contributed by atoms with E-state index in [1.54, 1.807) is 19.1 Å². The SMILES string of the molecule is CC[NH3+].C[C@@H]1OC(c2ccccc2OCc2ccccc2)=N[C@H]1C(=O)[O-]. The summed E-state index contributed by atoms with van der Waals surface area (Å²) in [4.78, 5) is 15.2. The number of hydrogen-bond acceptors (Lipinski definition) is 5. The van der Waals surface area contributed by atoms with Gasteiger partial charge in [-0.25, -0.2) is 4.99 Å². The maximum absolute atomic E-state index is 11.1. The highest BCUT2D eigenvalue weighted by Gasteiger charge is 2.30. The second-order valence-electron chi connectivity index (χ2n) is 5.79. The minimum Gasteiger partial charge on any atom is -0.548 e. The normalized spacial score (nSPS) is 18.2. The Morgan fingerprint density at radius 1 is 1.19 bits per heavy atom. The molecule has 0 amide bonds. The average molecular weight is 356 g/mol. The monoisotopic (exact) mass is 356 g/mol. The van der Waals surface area contributed by atoms with Crippen LogP contribution in [0.3, 0.4) is 0 Å². The van der Waals surface area contributed by atoms with Crippen LogP contribution in [-0.2, 0) is 16.1 Å². The Morgan fingerprint density at radius 3 is 2.42 bits per heavy atom. The maximum Gasteiger partial charge on any atom is 0.221 e. The third-order valence-corrected chi connectivity index (χ3v) is 3.59. The Hall–Kier alpha value is -2.86. The van der Waals surface area contributed by atoms with Gasteiger partial charge in [0.25, 0.3) is 0 Å². The molecule has 2 atom stereocenters. The first-order valence-corrected chi connectivity index (χ1v) is 8.57. The van der Waals surface area contributed by atoms with Crippen molar-refractivity contribution in [3.8, 4) is 5.75 Å². The van der Waals surface area contributed by atoms with Crippen molar-refractivity contribution in [2.75, 3.05) is 6.54 Å². The number of nitrogens with zero attached hydrogens (tertiary/aromatic N) is 1. The fraction of sp³-hybridized carbons (Fsp3) is 0.300. The van der Waals surface area contributed by atoms with E-state index in [4.69, 9.17) is 9.47 Å². The van der Waals surface area contributed by atoms with Crippen LogP contribution in [0.5, 0.6) is 5.75 Å². The number of para-hydroxylation sites is 1. The fourth-order valence-electron chi connectivity index (χ4n) is 2.38. The van der Waals surface area contributed by atoms with Gasteiger partial charge in [0, 0.05) is 0 Å². The summed E-state index contributed by atoms with van der Waals surface area (Å²) in [5.41, 5.74) is 5.16. The number of carbonyl (C=O) groups is 1. The van der Waals surface area contributed by atoms with Crippen LogP contribution in [0.2, 0.25) is 0 Å². The molecule has 3 rings (SSSR count). The number of ether oxygens (including phenoxy) is 2. The number of carbonyl (C=O) groups excluding carboxylic acids is 1. The molecule has 138 valence electrons. The molecule has 2 aromatic rings. The number of hydrogen-bond donors (Lipinski definition) is 1. The Balaban J connectivity index is 0.000000758. The molecule has 0 radical (unpaired) electrons. The standard InChI is InChI=1S/C18H17NO4.C2H7N/c1-12-16(18(20)21)19-17(23-12)14-9-5-6-10-15(14)22-11-13-7-3-2-4-8-13;1-2-3/h2-10,12,16H,11H2,1H3,(H,20,21);2-3H2,1H3/t12-,16+;/m0./s1. The van der Waals surface area contributed by atoms with Crippen LogP contribution in [-0.4, -0.2) is 30.6 Å². The Bertz CT molecular complexity index is 746. The van der Waals surface area contributed by atoms with Crippen LogP contribution in [0.15, 0.2) is 59.6 Å². The number of carboxylic acid groups (broad SMARTS) is 1. The lowest BCUT2D eigenvalue weighted by Gasteiger charge is -2.14. The average Bonchev–Trinajstić information content (AvgIpc) is 3.04. The highest BCUT2D eigenvalue weighted by Crippen LogP contribution is 2.25. The molecule has 1 aliphatic rings. The summed E-state index contributed by atoms with van der Waals surface area (Å²) in [6.45, 7) is 5.08. The van der Waals surface area contributed by atoms with E-state index in [2.05, 4.69) is 10.7 Å². The van der Waals surface area contributed by atoms with Crippen molar-refractivity contribution in [3.63, 3.8) is 0 Å². The van der Waals surface area contributed by atoms with E-state index < -0.39 is 18.1 Å². The highest BCUT2D eigenvalue weighted by atomic mass is 16.5. The predicted molar refractivity (Wildman–Crippen MR) is 96.5 cm³/mol. The molecule has 0 fully saturated rings. The summed E-state index contributed by atoms with van der Waals surface area (Å²) in [6.07, 6.45) is -0.558. The highest BCUT2D eigenvalue weighted by molar-refractivity contribution is 5.99. The summed E-state index contributed by atoms with van der Waals surface area (Å²) >= 11 is 0. The molecule has 1 aliphatic heterocycles. The molecule has 0 unspecified atom stereocenters. The number of benzene rings is 2. The van der Waals surface area contributed by atoms with Gasteiger partial charge in [0.2, 0.25) is 5.90 Å². The Kier molecular flexibility index (Phi) is 7.17. The van der Waals surface area contributed by atoms with Gasteiger partial charge in [-0.3, -0.25) is 0 Å². The summed E-state index contributed by atoms with van der Waals surface area (Å²) in [7, 11) is 0. The smallest absolute Gasteiger partial charge is 0.221 e.